The predicted octanol–water partition coefficient (Wildman–Crippen LogP) is 1.05. The zero-order valence-electron chi connectivity index (χ0n) is 9.86. The molecule has 1 aromatic carbocycles. The number of rotatable bonds is 4. The minimum absolute atomic E-state index is 0.0453. The van der Waals surface area contributed by atoms with Crippen molar-refractivity contribution in [1.82, 2.24) is 10.6 Å². The summed E-state index contributed by atoms with van der Waals surface area (Å²) in [6.07, 6.45) is 0. The fourth-order valence-electron chi connectivity index (χ4n) is 2.57. The summed E-state index contributed by atoms with van der Waals surface area (Å²) in [7, 11) is 0. The molecule has 1 aliphatic carbocycles. The van der Waals surface area contributed by atoms with Crippen molar-refractivity contribution < 1.29 is 9.53 Å². The number of benzene rings is 1. The van der Waals surface area contributed by atoms with Crippen LogP contribution in [0.5, 0.6) is 5.75 Å². The predicted molar refractivity (Wildman–Crippen MR) is 68.7 cm³/mol. The van der Waals surface area contributed by atoms with E-state index in [1.54, 1.807) is 24.3 Å². The van der Waals surface area contributed by atoms with Gasteiger partial charge in [0.25, 0.3) is 5.91 Å². The number of hydrogen-bond donors (Lipinski definition) is 2. The second-order valence-corrected chi connectivity index (χ2v) is 5.26. The maximum Gasteiger partial charge on any atom is 0.258 e. The molecule has 1 aliphatic heterocycles. The summed E-state index contributed by atoms with van der Waals surface area (Å²) in [4.78, 5) is 11.7. The molecule has 5 heteroatoms. The lowest BCUT2D eigenvalue weighted by molar-refractivity contribution is -0.123. The summed E-state index contributed by atoms with van der Waals surface area (Å²) < 4.78 is 5.39. The molecule has 2 atom stereocenters. The molecule has 4 nitrogen and oxygen atoms in total. The molecular formula is C13H15ClN2O2. The van der Waals surface area contributed by atoms with E-state index in [-0.39, 0.29) is 12.5 Å². The van der Waals surface area contributed by atoms with Gasteiger partial charge >= 0.3 is 0 Å². The van der Waals surface area contributed by atoms with Crippen LogP contribution in [-0.4, -0.2) is 31.6 Å². The third-order valence-electron chi connectivity index (χ3n) is 3.59. The van der Waals surface area contributed by atoms with Gasteiger partial charge in [-0.2, -0.15) is 0 Å². The Morgan fingerprint density at radius 3 is 2.94 bits per heavy atom. The van der Waals surface area contributed by atoms with E-state index in [0.29, 0.717) is 28.6 Å². The molecule has 2 aliphatic rings. The van der Waals surface area contributed by atoms with Crippen molar-refractivity contribution >= 4 is 17.5 Å². The SMILES string of the molecule is O=C(COc1cccc(Cl)c1)NC1[C@H]2CNC[C@H]12. The lowest BCUT2D eigenvalue weighted by Gasteiger charge is -2.09. The van der Waals surface area contributed by atoms with Gasteiger partial charge in [0.15, 0.2) is 6.61 Å². The van der Waals surface area contributed by atoms with E-state index >= 15 is 0 Å². The van der Waals surface area contributed by atoms with E-state index in [1.165, 1.54) is 0 Å². The third kappa shape index (κ3) is 2.44. The molecular weight excluding hydrogens is 252 g/mol. The van der Waals surface area contributed by atoms with Gasteiger partial charge in [-0.3, -0.25) is 4.79 Å². The largest absolute Gasteiger partial charge is 0.484 e. The zero-order chi connectivity index (χ0) is 12.5. The summed E-state index contributed by atoms with van der Waals surface area (Å²) in [5, 5.41) is 6.90. The van der Waals surface area contributed by atoms with Gasteiger partial charge in [-0.05, 0) is 30.0 Å². The summed E-state index contributed by atoms with van der Waals surface area (Å²) in [6, 6.07) is 7.40. The average Bonchev–Trinajstić information content (AvgIpc) is 2.80. The summed E-state index contributed by atoms with van der Waals surface area (Å²) in [6.45, 7) is 2.08. The number of fused-ring (bicyclic) bond motifs is 1. The van der Waals surface area contributed by atoms with Crippen LogP contribution in [0.4, 0.5) is 0 Å². The number of halogens is 1. The van der Waals surface area contributed by atoms with Crippen molar-refractivity contribution in [3.63, 3.8) is 0 Å². The van der Waals surface area contributed by atoms with E-state index in [2.05, 4.69) is 10.6 Å². The van der Waals surface area contributed by atoms with Gasteiger partial charge in [0, 0.05) is 24.2 Å². The molecule has 0 bridgehead atoms. The minimum Gasteiger partial charge on any atom is -0.484 e. The van der Waals surface area contributed by atoms with E-state index in [0.717, 1.165) is 13.1 Å². The highest BCUT2D eigenvalue weighted by atomic mass is 35.5. The first kappa shape index (κ1) is 11.8. The number of carbonyl (C=O) groups excluding carboxylic acids is 1. The van der Waals surface area contributed by atoms with Crippen LogP contribution in [0.3, 0.4) is 0 Å². The monoisotopic (exact) mass is 266 g/mol. The van der Waals surface area contributed by atoms with Crippen molar-refractivity contribution in [3.8, 4) is 5.75 Å². The maximum atomic E-state index is 11.7. The quantitative estimate of drug-likeness (QED) is 0.857. The van der Waals surface area contributed by atoms with Crippen molar-refractivity contribution in [2.45, 2.75) is 6.04 Å². The molecule has 2 N–H and O–H groups in total. The second kappa shape index (κ2) is 4.78. The normalized spacial score (nSPS) is 28.6. The van der Waals surface area contributed by atoms with Gasteiger partial charge in [-0.25, -0.2) is 0 Å². The Hall–Kier alpha value is -1.26. The Bertz CT molecular complexity index is 456. The van der Waals surface area contributed by atoms with Gasteiger partial charge in [0.1, 0.15) is 5.75 Å². The fraction of sp³-hybridized carbons (Fsp3) is 0.462. The Kier molecular flexibility index (Phi) is 3.14. The second-order valence-electron chi connectivity index (χ2n) is 4.83. The highest BCUT2D eigenvalue weighted by Crippen LogP contribution is 2.41. The molecule has 1 amide bonds. The molecule has 0 unspecified atom stereocenters. The topological polar surface area (TPSA) is 50.4 Å². The van der Waals surface area contributed by atoms with Gasteiger partial charge < -0.3 is 15.4 Å². The molecule has 0 spiro atoms. The highest BCUT2D eigenvalue weighted by molar-refractivity contribution is 6.30. The number of amides is 1. The molecule has 0 radical (unpaired) electrons. The minimum atomic E-state index is -0.0608. The standard InChI is InChI=1S/C13H15ClN2O2/c14-8-2-1-3-9(4-8)18-7-12(17)16-13-10-5-15-6-11(10)13/h1-4,10-11,13,15H,5-7H2,(H,16,17)/t10-,11-/m0/s1. The smallest absolute Gasteiger partial charge is 0.258 e. The highest BCUT2D eigenvalue weighted by Gasteiger charge is 2.53. The lowest BCUT2D eigenvalue weighted by Crippen LogP contribution is -2.35. The van der Waals surface area contributed by atoms with Gasteiger partial charge in [-0.1, -0.05) is 17.7 Å². The first-order chi connectivity index (χ1) is 8.74. The van der Waals surface area contributed by atoms with Crippen molar-refractivity contribution in [2.24, 2.45) is 11.8 Å². The van der Waals surface area contributed by atoms with Gasteiger partial charge in [-0.15, -0.1) is 0 Å². The van der Waals surface area contributed by atoms with Crippen molar-refractivity contribution in [3.05, 3.63) is 29.3 Å². The van der Waals surface area contributed by atoms with Crippen LogP contribution in [0, 0.1) is 11.8 Å². The number of carbonyl (C=O) groups is 1. The van der Waals surface area contributed by atoms with E-state index in [1.807, 2.05) is 0 Å². The van der Waals surface area contributed by atoms with Crippen LogP contribution in [0.25, 0.3) is 0 Å². The van der Waals surface area contributed by atoms with Crippen LogP contribution in [-0.2, 0) is 4.79 Å². The summed E-state index contributed by atoms with van der Waals surface area (Å²) in [5.41, 5.74) is 0. The van der Waals surface area contributed by atoms with Crippen molar-refractivity contribution in [1.29, 1.82) is 0 Å². The third-order valence-corrected chi connectivity index (χ3v) is 3.82. The number of ether oxygens (including phenoxy) is 1. The van der Waals surface area contributed by atoms with Gasteiger partial charge in [0.05, 0.1) is 0 Å². The molecule has 1 aromatic rings. The summed E-state index contributed by atoms with van der Waals surface area (Å²) in [5.74, 6) is 1.81. The van der Waals surface area contributed by atoms with Crippen molar-refractivity contribution in [2.75, 3.05) is 19.7 Å². The van der Waals surface area contributed by atoms with E-state index in [9.17, 15) is 4.79 Å². The molecule has 3 rings (SSSR count). The first-order valence-corrected chi connectivity index (χ1v) is 6.50. The first-order valence-electron chi connectivity index (χ1n) is 6.12. The summed E-state index contributed by atoms with van der Waals surface area (Å²) >= 11 is 5.83. The van der Waals surface area contributed by atoms with Crippen LogP contribution < -0.4 is 15.4 Å². The number of hydrogen-bond acceptors (Lipinski definition) is 3. The molecule has 18 heavy (non-hydrogen) atoms. The molecule has 1 saturated carbocycles. The molecule has 1 heterocycles. The van der Waals surface area contributed by atoms with Gasteiger partial charge in [0.2, 0.25) is 0 Å². The molecule has 96 valence electrons. The molecule has 1 saturated heterocycles. The van der Waals surface area contributed by atoms with Crippen LogP contribution in [0.2, 0.25) is 5.02 Å². The van der Waals surface area contributed by atoms with Crippen LogP contribution in [0.15, 0.2) is 24.3 Å². The maximum absolute atomic E-state index is 11.7. The van der Waals surface area contributed by atoms with E-state index < -0.39 is 0 Å². The average molecular weight is 267 g/mol. The number of nitrogens with one attached hydrogen (secondary N) is 2. The lowest BCUT2D eigenvalue weighted by atomic mass is 10.3. The van der Waals surface area contributed by atoms with Crippen LogP contribution >= 0.6 is 11.6 Å². The number of piperidine rings is 1. The molecule has 2 fully saturated rings. The van der Waals surface area contributed by atoms with Crippen LogP contribution in [0.1, 0.15) is 0 Å². The Balaban J connectivity index is 1.44. The Morgan fingerprint density at radius 1 is 1.44 bits per heavy atom. The zero-order valence-corrected chi connectivity index (χ0v) is 10.6. The Morgan fingerprint density at radius 2 is 2.22 bits per heavy atom. The molecule has 0 aromatic heterocycles. The van der Waals surface area contributed by atoms with E-state index in [4.69, 9.17) is 16.3 Å². The Labute approximate surface area is 111 Å². The fourth-order valence-corrected chi connectivity index (χ4v) is 2.75.